The predicted octanol–water partition coefficient (Wildman–Crippen LogP) is 4.52. The topological polar surface area (TPSA) is 18.5 Å². The third kappa shape index (κ3) is 2.89. The maximum absolute atomic E-state index is 6.30. The summed E-state index contributed by atoms with van der Waals surface area (Å²) in [7, 11) is 0. The van der Waals surface area contributed by atoms with Crippen molar-refractivity contribution in [1.82, 2.24) is 0 Å². The SMILES string of the molecule is Cc1cc(C)c2c(c1C)OC(C)(COCc1ccccc1)C2. The molecule has 0 N–H and O–H groups in total. The number of hydrogen-bond donors (Lipinski definition) is 0. The molecular weight excluding hydrogens is 272 g/mol. The largest absolute Gasteiger partial charge is 0.484 e. The summed E-state index contributed by atoms with van der Waals surface area (Å²) >= 11 is 0. The molecule has 0 spiro atoms. The van der Waals surface area contributed by atoms with Gasteiger partial charge in [-0.1, -0.05) is 36.4 Å². The molecule has 0 aliphatic carbocycles. The molecule has 3 rings (SSSR count). The van der Waals surface area contributed by atoms with E-state index >= 15 is 0 Å². The second kappa shape index (κ2) is 5.77. The lowest BCUT2D eigenvalue weighted by molar-refractivity contribution is -0.00876. The number of hydrogen-bond acceptors (Lipinski definition) is 2. The van der Waals surface area contributed by atoms with Gasteiger partial charge in [-0.25, -0.2) is 0 Å². The van der Waals surface area contributed by atoms with E-state index in [9.17, 15) is 0 Å². The highest BCUT2D eigenvalue weighted by molar-refractivity contribution is 5.52. The van der Waals surface area contributed by atoms with E-state index in [2.05, 4.69) is 45.9 Å². The molecule has 0 saturated heterocycles. The normalized spacial score (nSPS) is 19.8. The number of ether oxygens (including phenoxy) is 2. The van der Waals surface area contributed by atoms with Crippen molar-refractivity contribution in [2.45, 2.75) is 46.3 Å². The fourth-order valence-corrected chi connectivity index (χ4v) is 3.16. The summed E-state index contributed by atoms with van der Waals surface area (Å²) in [5, 5.41) is 0. The summed E-state index contributed by atoms with van der Waals surface area (Å²) in [5.74, 6) is 1.07. The van der Waals surface area contributed by atoms with Gasteiger partial charge in [-0.05, 0) is 49.9 Å². The minimum atomic E-state index is -0.263. The first kappa shape index (κ1) is 15.1. The molecule has 0 radical (unpaired) electrons. The van der Waals surface area contributed by atoms with Gasteiger partial charge in [0.15, 0.2) is 0 Å². The molecule has 1 atom stereocenters. The molecule has 116 valence electrons. The molecule has 2 heteroatoms. The molecule has 22 heavy (non-hydrogen) atoms. The van der Waals surface area contributed by atoms with Gasteiger partial charge in [0.1, 0.15) is 11.4 Å². The van der Waals surface area contributed by atoms with Crippen molar-refractivity contribution >= 4 is 0 Å². The molecule has 1 aliphatic rings. The maximum Gasteiger partial charge on any atom is 0.134 e. The fraction of sp³-hybridized carbons (Fsp3) is 0.400. The van der Waals surface area contributed by atoms with Crippen LogP contribution in [0.15, 0.2) is 36.4 Å². The van der Waals surface area contributed by atoms with E-state index in [-0.39, 0.29) is 5.60 Å². The predicted molar refractivity (Wildman–Crippen MR) is 89.5 cm³/mol. The van der Waals surface area contributed by atoms with Crippen molar-refractivity contribution in [3.05, 3.63) is 64.2 Å². The highest BCUT2D eigenvalue weighted by Crippen LogP contribution is 2.41. The molecule has 1 heterocycles. The van der Waals surface area contributed by atoms with Crippen LogP contribution >= 0.6 is 0 Å². The number of fused-ring (bicyclic) bond motifs is 1. The average Bonchev–Trinajstić information content (AvgIpc) is 2.85. The summed E-state index contributed by atoms with van der Waals surface area (Å²) in [6.45, 7) is 9.84. The van der Waals surface area contributed by atoms with Crippen LogP contribution in [-0.2, 0) is 17.8 Å². The van der Waals surface area contributed by atoms with Gasteiger partial charge in [0, 0.05) is 12.0 Å². The van der Waals surface area contributed by atoms with Gasteiger partial charge in [-0.3, -0.25) is 0 Å². The van der Waals surface area contributed by atoms with E-state index in [1.54, 1.807) is 0 Å². The van der Waals surface area contributed by atoms with Gasteiger partial charge in [0.05, 0.1) is 13.2 Å². The molecule has 0 bridgehead atoms. The molecule has 2 aromatic carbocycles. The molecular formula is C20H24O2. The molecule has 0 aromatic heterocycles. The fourth-order valence-electron chi connectivity index (χ4n) is 3.16. The lowest BCUT2D eigenvalue weighted by Crippen LogP contribution is -2.36. The number of benzene rings is 2. The van der Waals surface area contributed by atoms with E-state index < -0.39 is 0 Å². The van der Waals surface area contributed by atoms with Crippen LogP contribution in [0, 0.1) is 20.8 Å². The number of aryl methyl sites for hydroxylation is 2. The van der Waals surface area contributed by atoms with Crippen LogP contribution in [0.2, 0.25) is 0 Å². The second-order valence-electron chi connectivity index (χ2n) is 6.65. The van der Waals surface area contributed by atoms with Crippen LogP contribution in [0.4, 0.5) is 0 Å². The van der Waals surface area contributed by atoms with Gasteiger partial charge in [-0.15, -0.1) is 0 Å². The molecule has 2 nitrogen and oxygen atoms in total. The first-order valence-corrected chi connectivity index (χ1v) is 7.89. The Bertz CT molecular complexity index is 676. The van der Waals surface area contributed by atoms with Crippen molar-refractivity contribution in [3.63, 3.8) is 0 Å². The Labute approximate surface area is 133 Å². The Morgan fingerprint density at radius 2 is 1.82 bits per heavy atom. The van der Waals surface area contributed by atoms with Gasteiger partial charge in [0.25, 0.3) is 0 Å². The third-order valence-corrected chi connectivity index (χ3v) is 4.53. The maximum atomic E-state index is 6.30. The van der Waals surface area contributed by atoms with E-state index in [4.69, 9.17) is 9.47 Å². The molecule has 1 unspecified atom stereocenters. The zero-order valence-corrected chi connectivity index (χ0v) is 13.9. The Morgan fingerprint density at radius 3 is 2.55 bits per heavy atom. The van der Waals surface area contributed by atoms with Gasteiger partial charge < -0.3 is 9.47 Å². The molecule has 0 amide bonds. The van der Waals surface area contributed by atoms with Gasteiger partial charge in [-0.2, -0.15) is 0 Å². The minimum Gasteiger partial charge on any atom is -0.484 e. The van der Waals surface area contributed by atoms with E-state index in [0.717, 1.165) is 12.2 Å². The summed E-state index contributed by atoms with van der Waals surface area (Å²) < 4.78 is 12.2. The highest BCUT2D eigenvalue weighted by Gasteiger charge is 2.37. The molecule has 0 fully saturated rings. The van der Waals surface area contributed by atoms with Crippen molar-refractivity contribution < 1.29 is 9.47 Å². The Morgan fingerprint density at radius 1 is 1.09 bits per heavy atom. The summed E-state index contributed by atoms with van der Waals surface area (Å²) in [6, 6.07) is 12.5. The van der Waals surface area contributed by atoms with Crippen LogP contribution in [0.1, 0.15) is 34.7 Å². The average molecular weight is 296 g/mol. The quantitative estimate of drug-likeness (QED) is 0.825. The van der Waals surface area contributed by atoms with Crippen molar-refractivity contribution in [2.75, 3.05) is 6.61 Å². The monoisotopic (exact) mass is 296 g/mol. The lowest BCUT2D eigenvalue weighted by Gasteiger charge is -2.24. The van der Waals surface area contributed by atoms with Crippen molar-refractivity contribution in [3.8, 4) is 5.75 Å². The minimum absolute atomic E-state index is 0.263. The summed E-state index contributed by atoms with van der Waals surface area (Å²) in [4.78, 5) is 0. The molecule has 0 saturated carbocycles. The van der Waals surface area contributed by atoms with E-state index in [1.807, 2.05) is 18.2 Å². The van der Waals surface area contributed by atoms with Crippen LogP contribution in [0.5, 0.6) is 5.75 Å². The Hall–Kier alpha value is -1.80. The smallest absolute Gasteiger partial charge is 0.134 e. The first-order valence-electron chi connectivity index (χ1n) is 7.89. The van der Waals surface area contributed by atoms with Crippen molar-refractivity contribution in [2.24, 2.45) is 0 Å². The zero-order valence-electron chi connectivity index (χ0n) is 13.9. The van der Waals surface area contributed by atoms with Gasteiger partial charge >= 0.3 is 0 Å². The standard InChI is InChI=1S/C20H24O2/c1-14-10-15(2)18-11-20(4,22-19(18)16(14)3)13-21-12-17-8-6-5-7-9-17/h5-10H,11-13H2,1-4H3. The summed E-state index contributed by atoms with van der Waals surface area (Å²) in [5.41, 5.74) is 6.15. The van der Waals surface area contributed by atoms with Gasteiger partial charge in [0.2, 0.25) is 0 Å². The number of rotatable bonds is 4. The Balaban J connectivity index is 1.69. The Kier molecular flexibility index (Phi) is 3.96. The molecule has 1 aliphatic heterocycles. The van der Waals surface area contributed by atoms with Crippen LogP contribution in [0.3, 0.4) is 0 Å². The van der Waals surface area contributed by atoms with E-state index in [0.29, 0.717) is 13.2 Å². The zero-order chi connectivity index (χ0) is 15.7. The van der Waals surface area contributed by atoms with E-state index in [1.165, 1.54) is 27.8 Å². The third-order valence-electron chi connectivity index (χ3n) is 4.53. The van der Waals surface area contributed by atoms with Crippen LogP contribution < -0.4 is 4.74 Å². The first-order chi connectivity index (χ1) is 10.5. The second-order valence-corrected chi connectivity index (χ2v) is 6.65. The lowest BCUT2D eigenvalue weighted by atomic mass is 9.94. The summed E-state index contributed by atoms with van der Waals surface area (Å²) in [6.07, 6.45) is 0.921. The molecule has 2 aromatic rings. The van der Waals surface area contributed by atoms with Crippen LogP contribution in [0.25, 0.3) is 0 Å². The van der Waals surface area contributed by atoms with Crippen LogP contribution in [-0.4, -0.2) is 12.2 Å². The van der Waals surface area contributed by atoms with Crippen molar-refractivity contribution in [1.29, 1.82) is 0 Å². The highest BCUT2D eigenvalue weighted by atomic mass is 16.5.